The van der Waals surface area contributed by atoms with E-state index in [2.05, 4.69) is 41.8 Å². The summed E-state index contributed by atoms with van der Waals surface area (Å²) in [4.78, 5) is 4.71. The molecule has 5 heteroatoms. The van der Waals surface area contributed by atoms with Crippen LogP contribution in [0.25, 0.3) is 11.3 Å². The van der Waals surface area contributed by atoms with Crippen molar-refractivity contribution >= 4 is 11.3 Å². The lowest BCUT2D eigenvalue weighted by atomic mass is 10.2. The third-order valence-corrected chi connectivity index (χ3v) is 4.71. The molecule has 0 unspecified atom stereocenters. The number of nitrogens with zero attached hydrogens (tertiary/aromatic N) is 3. The van der Waals surface area contributed by atoms with Crippen LogP contribution in [0.15, 0.2) is 54.2 Å². The Bertz CT molecular complexity index is 691. The molecule has 0 aliphatic rings. The highest BCUT2D eigenvalue weighted by molar-refractivity contribution is 7.09. The molecule has 4 nitrogen and oxygen atoms in total. The summed E-state index contributed by atoms with van der Waals surface area (Å²) in [7, 11) is 0. The van der Waals surface area contributed by atoms with E-state index in [0.29, 0.717) is 12.1 Å². The molecular formula is C17H20N4S. The van der Waals surface area contributed by atoms with Gasteiger partial charge in [0.05, 0.1) is 11.7 Å². The number of thiazole rings is 1. The Morgan fingerprint density at radius 1 is 1.18 bits per heavy atom. The molecule has 0 bridgehead atoms. The molecule has 114 valence electrons. The van der Waals surface area contributed by atoms with Crippen LogP contribution in [0.1, 0.15) is 24.9 Å². The molecule has 22 heavy (non-hydrogen) atoms. The maximum atomic E-state index is 4.71. The third-order valence-electron chi connectivity index (χ3n) is 3.86. The first kappa shape index (κ1) is 14.9. The lowest BCUT2D eigenvalue weighted by molar-refractivity contribution is 0.365. The van der Waals surface area contributed by atoms with Gasteiger partial charge in [-0.3, -0.25) is 4.68 Å². The van der Waals surface area contributed by atoms with E-state index in [9.17, 15) is 0 Å². The van der Waals surface area contributed by atoms with Gasteiger partial charge in [-0.25, -0.2) is 4.98 Å². The fourth-order valence-corrected chi connectivity index (χ4v) is 3.06. The first-order valence-electron chi connectivity index (χ1n) is 7.46. The number of aromatic nitrogens is 3. The normalized spacial score (nSPS) is 13.9. The van der Waals surface area contributed by atoms with E-state index in [-0.39, 0.29) is 0 Å². The van der Waals surface area contributed by atoms with Crippen LogP contribution in [0, 0.1) is 0 Å². The molecule has 1 aromatic carbocycles. The van der Waals surface area contributed by atoms with Crippen molar-refractivity contribution in [3.8, 4) is 11.3 Å². The van der Waals surface area contributed by atoms with Crippen LogP contribution >= 0.6 is 11.3 Å². The Labute approximate surface area is 134 Å². The van der Waals surface area contributed by atoms with Gasteiger partial charge in [-0.15, -0.1) is 11.3 Å². The Hall–Kier alpha value is -1.98. The standard InChI is InChI=1S/C17H20N4S/c1-13(14(2)21-10-6-9-19-21)18-11-17-20-16(12-22-17)15-7-4-3-5-8-15/h3-10,12-14,18H,11H2,1-2H3/t13-,14+/m0/s1. The summed E-state index contributed by atoms with van der Waals surface area (Å²) in [5, 5.41) is 11.1. The smallest absolute Gasteiger partial charge is 0.107 e. The molecule has 1 N–H and O–H groups in total. The summed E-state index contributed by atoms with van der Waals surface area (Å²) in [5.74, 6) is 0. The Balaban J connectivity index is 1.59. The summed E-state index contributed by atoms with van der Waals surface area (Å²) in [6.07, 6.45) is 3.82. The monoisotopic (exact) mass is 312 g/mol. The second-order valence-electron chi connectivity index (χ2n) is 5.39. The highest BCUT2D eigenvalue weighted by Gasteiger charge is 2.14. The fraction of sp³-hybridized carbons (Fsp3) is 0.294. The number of benzene rings is 1. The van der Waals surface area contributed by atoms with Crippen LogP contribution in [-0.2, 0) is 6.54 Å². The molecule has 2 aromatic heterocycles. The largest absolute Gasteiger partial charge is 0.306 e. The van der Waals surface area contributed by atoms with Gasteiger partial charge in [0.2, 0.25) is 0 Å². The van der Waals surface area contributed by atoms with Crippen LogP contribution in [0.4, 0.5) is 0 Å². The minimum atomic E-state index is 0.309. The van der Waals surface area contributed by atoms with E-state index in [4.69, 9.17) is 4.98 Å². The van der Waals surface area contributed by atoms with Gasteiger partial charge in [-0.2, -0.15) is 5.10 Å². The number of hydrogen-bond donors (Lipinski definition) is 1. The molecule has 0 amide bonds. The molecule has 0 saturated carbocycles. The zero-order valence-electron chi connectivity index (χ0n) is 12.8. The quantitative estimate of drug-likeness (QED) is 0.754. The highest BCUT2D eigenvalue weighted by Crippen LogP contribution is 2.21. The SMILES string of the molecule is C[C@H](NCc1nc(-c2ccccc2)cs1)[C@@H](C)n1cccn1. The average Bonchev–Trinajstić information content (AvgIpc) is 3.24. The molecular weight excluding hydrogens is 292 g/mol. The predicted molar refractivity (Wildman–Crippen MR) is 90.8 cm³/mol. The minimum Gasteiger partial charge on any atom is -0.306 e. The van der Waals surface area contributed by atoms with E-state index in [0.717, 1.165) is 17.2 Å². The first-order valence-corrected chi connectivity index (χ1v) is 8.34. The van der Waals surface area contributed by atoms with Crippen molar-refractivity contribution in [1.82, 2.24) is 20.1 Å². The van der Waals surface area contributed by atoms with Gasteiger partial charge in [0.15, 0.2) is 0 Å². The molecule has 3 aromatic rings. The van der Waals surface area contributed by atoms with Gasteiger partial charge < -0.3 is 5.32 Å². The zero-order chi connectivity index (χ0) is 15.4. The number of nitrogens with one attached hydrogen (secondary N) is 1. The lowest BCUT2D eigenvalue weighted by Crippen LogP contribution is -2.33. The zero-order valence-corrected chi connectivity index (χ0v) is 13.6. The van der Waals surface area contributed by atoms with Gasteiger partial charge in [0, 0.05) is 35.9 Å². The summed E-state index contributed by atoms with van der Waals surface area (Å²) in [6, 6.07) is 12.9. The molecule has 0 aliphatic carbocycles. The molecule has 0 fully saturated rings. The van der Waals surface area contributed by atoms with E-state index >= 15 is 0 Å². The highest BCUT2D eigenvalue weighted by atomic mass is 32.1. The minimum absolute atomic E-state index is 0.309. The van der Waals surface area contributed by atoms with Crippen molar-refractivity contribution in [2.24, 2.45) is 0 Å². The topological polar surface area (TPSA) is 42.7 Å². The van der Waals surface area contributed by atoms with Crippen molar-refractivity contribution in [1.29, 1.82) is 0 Å². The molecule has 0 aliphatic heterocycles. The molecule has 2 heterocycles. The van der Waals surface area contributed by atoms with E-state index in [1.807, 2.05) is 41.3 Å². The van der Waals surface area contributed by atoms with Crippen molar-refractivity contribution in [2.45, 2.75) is 32.5 Å². The van der Waals surface area contributed by atoms with Gasteiger partial charge >= 0.3 is 0 Å². The molecule has 0 spiro atoms. The maximum Gasteiger partial charge on any atom is 0.107 e. The van der Waals surface area contributed by atoms with E-state index < -0.39 is 0 Å². The number of hydrogen-bond acceptors (Lipinski definition) is 4. The van der Waals surface area contributed by atoms with Crippen LogP contribution in [0.3, 0.4) is 0 Å². The van der Waals surface area contributed by atoms with Gasteiger partial charge in [0.1, 0.15) is 5.01 Å². The third kappa shape index (κ3) is 3.43. The van der Waals surface area contributed by atoms with Gasteiger partial charge in [-0.1, -0.05) is 30.3 Å². The van der Waals surface area contributed by atoms with E-state index in [1.165, 1.54) is 5.56 Å². The van der Waals surface area contributed by atoms with Gasteiger partial charge in [-0.05, 0) is 19.9 Å². The van der Waals surface area contributed by atoms with Gasteiger partial charge in [0.25, 0.3) is 0 Å². The fourth-order valence-electron chi connectivity index (χ4n) is 2.30. The van der Waals surface area contributed by atoms with Crippen LogP contribution in [0.5, 0.6) is 0 Å². The van der Waals surface area contributed by atoms with Crippen molar-refractivity contribution in [3.05, 3.63) is 59.2 Å². The first-order chi connectivity index (χ1) is 10.7. The maximum absolute atomic E-state index is 4.71. The average molecular weight is 312 g/mol. The summed E-state index contributed by atoms with van der Waals surface area (Å²) in [5.41, 5.74) is 2.22. The predicted octanol–water partition coefficient (Wildman–Crippen LogP) is 3.75. The summed E-state index contributed by atoms with van der Waals surface area (Å²) in [6.45, 7) is 5.13. The van der Waals surface area contributed by atoms with Crippen LogP contribution in [-0.4, -0.2) is 20.8 Å². The summed E-state index contributed by atoms with van der Waals surface area (Å²) >= 11 is 1.70. The molecule has 2 atom stereocenters. The Morgan fingerprint density at radius 2 is 2.00 bits per heavy atom. The summed E-state index contributed by atoms with van der Waals surface area (Å²) < 4.78 is 1.98. The van der Waals surface area contributed by atoms with Crippen molar-refractivity contribution in [2.75, 3.05) is 0 Å². The second-order valence-corrected chi connectivity index (χ2v) is 6.33. The number of rotatable bonds is 6. The molecule has 0 saturated heterocycles. The second kappa shape index (κ2) is 6.85. The van der Waals surface area contributed by atoms with E-state index in [1.54, 1.807) is 11.3 Å². The van der Waals surface area contributed by atoms with Crippen molar-refractivity contribution < 1.29 is 0 Å². The van der Waals surface area contributed by atoms with Crippen LogP contribution in [0.2, 0.25) is 0 Å². The lowest BCUT2D eigenvalue weighted by Gasteiger charge is -2.21. The Kier molecular flexibility index (Phi) is 4.65. The van der Waals surface area contributed by atoms with Crippen LogP contribution < -0.4 is 5.32 Å². The van der Waals surface area contributed by atoms with Crippen molar-refractivity contribution in [3.63, 3.8) is 0 Å². The molecule has 3 rings (SSSR count). The molecule has 0 radical (unpaired) electrons. The Morgan fingerprint density at radius 3 is 2.73 bits per heavy atom.